The summed E-state index contributed by atoms with van der Waals surface area (Å²) in [7, 11) is -2.95. The van der Waals surface area contributed by atoms with Gasteiger partial charge in [0.2, 0.25) is 0 Å². The lowest BCUT2D eigenvalue weighted by atomic mass is 9.89. The maximum absolute atomic E-state index is 11.9. The molecule has 2 fully saturated rings. The number of sulfone groups is 1. The molecule has 1 unspecified atom stereocenters. The highest BCUT2D eigenvalue weighted by Gasteiger charge is 2.40. The Morgan fingerprint density at radius 2 is 2.00 bits per heavy atom. The lowest BCUT2D eigenvalue weighted by Gasteiger charge is -2.22. The summed E-state index contributed by atoms with van der Waals surface area (Å²) >= 11 is 0. The summed E-state index contributed by atoms with van der Waals surface area (Å²) in [5, 5.41) is 4.49. The number of nitrogens with zero attached hydrogens (tertiary/aromatic N) is 3. The highest BCUT2D eigenvalue weighted by Crippen LogP contribution is 2.33. The Hall–Kier alpha value is -1.41. The molecule has 2 aliphatic rings. The van der Waals surface area contributed by atoms with Gasteiger partial charge < -0.3 is 5.73 Å². The van der Waals surface area contributed by atoms with Crippen LogP contribution in [0.3, 0.4) is 0 Å². The van der Waals surface area contributed by atoms with Crippen LogP contribution in [0.25, 0.3) is 0 Å². The molecule has 28 heavy (non-hydrogen) atoms. The number of hydrogen-bond acceptors (Lipinski definition) is 5. The molecule has 0 spiro atoms. The van der Waals surface area contributed by atoms with E-state index >= 15 is 0 Å². The van der Waals surface area contributed by atoms with Crippen molar-refractivity contribution in [1.29, 1.82) is 0 Å². The van der Waals surface area contributed by atoms with Crippen molar-refractivity contribution in [2.24, 2.45) is 11.7 Å². The van der Waals surface area contributed by atoms with E-state index in [2.05, 4.69) is 34.3 Å². The fourth-order valence-electron chi connectivity index (χ4n) is 4.58. The van der Waals surface area contributed by atoms with Gasteiger partial charge in [0, 0.05) is 37.3 Å². The number of aromatic nitrogens is 2. The van der Waals surface area contributed by atoms with Crippen LogP contribution in [-0.4, -0.2) is 54.2 Å². The van der Waals surface area contributed by atoms with E-state index in [0.29, 0.717) is 24.8 Å². The third-order valence-electron chi connectivity index (χ3n) is 6.12. The molecule has 2 aliphatic heterocycles. The van der Waals surface area contributed by atoms with Gasteiger partial charge in [-0.2, -0.15) is 5.10 Å². The van der Waals surface area contributed by atoms with Crippen molar-refractivity contribution in [3.8, 4) is 0 Å². The zero-order chi connectivity index (χ0) is 19.1. The fourth-order valence-corrected chi connectivity index (χ4v) is 6.69. The summed E-state index contributed by atoms with van der Waals surface area (Å²) < 4.78 is 25.6. The smallest absolute Gasteiger partial charge is 0.152 e. The minimum Gasteiger partial charge on any atom is -0.330 e. The molecule has 1 aromatic heterocycles. The Kier molecular flexibility index (Phi) is 6.20. The van der Waals surface area contributed by atoms with E-state index < -0.39 is 15.4 Å². The zero-order valence-corrected chi connectivity index (χ0v) is 17.8. The quantitative estimate of drug-likeness (QED) is 0.794. The number of rotatable bonds is 5. The predicted molar refractivity (Wildman–Crippen MR) is 113 cm³/mol. The second-order valence-corrected chi connectivity index (χ2v) is 10.5. The lowest BCUT2D eigenvalue weighted by molar-refractivity contribution is 0.313. The normalized spacial score (nSPS) is 29.6. The van der Waals surface area contributed by atoms with Crippen LogP contribution >= 0.6 is 12.4 Å². The molecule has 1 aromatic carbocycles. The summed E-state index contributed by atoms with van der Waals surface area (Å²) in [5.41, 5.74) is 8.11. The minimum atomic E-state index is -2.95. The van der Waals surface area contributed by atoms with Crippen LogP contribution in [0.15, 0.2) is 42.7 Å². The summed E-state index contributed by atoms with van der Waals surface area (Å²) in [5.74, 6) is 1.35. The number of hydrogen-bond donors (Lipinski definition) is 1. The number of likely N-dealkylation sites (tertiary alicyclic amines) is 1. The Labute approximate surface area is 173 Å². The van der Waals surface area contributed by atoms with Crippen LogP contribution in [0.5, 0.6) is 0 Å². The monoisotopic (exact) mass is 424 g/mol. The molecule has 2 N–H and O–H groups in total. The van der Waals surface area contributed by atoms with Crippen molar-refractivity contribution < 1.29 is 8.42 Å². The van der Waals surface area contributed by atoms with Crippen LogP contribution in [0.1, 0.15) is 30.4 Å². The first kappa shape index (κ1) is 21.3. The van der Waals surface area contributed by atoms with Gasteiger partial charge in [-0.05, 0) is 31.4 Å². The Morgan fingerprint density at radius 3 is 2.64 bits per heavy atom. The highest BCUT2D eigenvalue weighted by molar-refractivity contribution is 7.91. The topological polar surface area (TPSA) is 81.2 Å². The van der Waals surface area contributed by atoms with E-state index in [0.717, 1.165) is 25.2 Å². The van der Waals surface area contributed by atoms with Gasteiger partial charge in [0.15, 0.2) is 9.84 Å². The number of benzene rings is 1. The average molecular weight is 425 g/mol. The summed E-state index contributed by atoms with van der Waals surface area (Å²) in [4.78, 5) is 2.43. The van der Waals surface area contributed by atoms with Crippen LogP contribution in [-0.2, 0) is 21.9 Å². The van der Waals surface area contributed by atoms with Crippen molar-refractivity contribution in [2.45, 2.75) is 31.3 Å². The molecule has 0 saturated carbocycles. The first-order valence-electron chi connectivity index (χ1n) is 9.60. The molecule has 6 nitrogen and oxygen atoms in total. The van der Waals surface area contributed by atoms with Crippen LogP contribution in [0.4, 0.5) is 0 Å². The van der Waals surface area contributed by atoms with Crippen LogP contribution in [0, 0.1) is 5.92 Å². The average Bonchev–Trinajstić information content (AvgIpc) is 3.34. The summed E-state index contributed by atoms with van der Waals surface area (Å²) in [6, 6.07) is 10.6. The van der Waals surface area contributed by atoms with Gasteiger partial charge in [0.25, 0.3) is 0 Å². The molecule has 154 valence electrons. The van der Waals surface area contributed by atoms with Gasteiger partial charge in [-0.1, -0.05) is 30.3 Å². The van der Waals surface area contributed by atoms with E-state index in [9.17, 15) is 8.42 Å². The van der Waals surface area contributed by atoms with E-state index in [1.807, 2.05) is 30.1 Å². The molecular formula is C20H29ClN4O2S. The molecule has 0 amide bonds. The van der Waals surface area contributed by atoms with Crippen molar-refractivity contribution >= 4 is 22.2 Å². The second-order valence-electron chi connectivity index (χ2n) is 8.34. The molecule has 0 aliphatic carbocycles. The molecule has 4 rings (SSSR count). The first-order valence-corrected chi connectivity index (χ1v) is 11.4. The van der Waals surface area contributed by atoms with E-state index in [1.165, 1.54) is 5.56 Å². The number of nitrogens with two attached hydrogens (primary N) is 1. The predicted octanol–water partition coefficient (Wildman–Crippen LogP) is 2.01. The van der Waals surface area contributed by atoms with Gasteiger partial charge in [0.05, 0.1) is 23.2 Å². The van der Waals surface area contributed by atoms with Gasteiger partial charge in [0.1, 0.15) is 0 Å². The van der Waals surface area contributed by atoms with Crippen molar-refractivity contribution in [1.82, 2.24) is 14.7 Å². The van der Waals surface area contributed by atoms with E-state index in [4.69, 9.17) is 5.73 Å². The maximum atomic E-state index is 11.9. The van der Waals surface area contributed by atoms with Crippen molar-refractivity contribution in [3.05, 3.63) is 53.9 Å². The molecule has 2 aromatic rings. The Morgan fingerprint density at radius 1 is 1.25 bits per heavy atom. The molecule has 3 atom stereocenters. The first-order chi connectivity index (χ1) is 12.9. The van der Waals surface area contributed by atoms with Crippen LogP contribution < -0.4 is 5.73 Å². The van der Waals surface area contributed by atoms with Crippen molar-refractivity contribution in [3.63, 3.8) is 0 Å². The van der Waals surface area contributed by atoms with Gasteiger partial charge >= 0.3 is 0 Å². The third kappa shape index (κ3) is 4.27. The van der Waals surface area contributed by atoms with E-state index in [-0.39, 0.29) is 23.9 Å². The molecular weight excluding hydrogens is 396 g/mol. The standard InChI is InChI=1S/C20H28N4O2S.ClH/c1-20(7-8-27(25,26)15-20)24-12-16(10-22-24)11-23-13-18(9-21)19(14-23)17-5-3-2-4-6-17;/h2-6,10,12,18-19H,7-9,11,13-15,21H2,1H3;1H/t18-,19+,20?;/m1./s1. The molecule has 0 bridgehead atoms. The molecule has 0 radical (unpaired) electrons. The van der Waals surface area contributed by atoms with Crippen LogP contribution in [0.2, 0.25) is 0 Å². The minimum absolute atomic E-state index is 0. The van der Waals surface area contributed by atoms with Gasteiger partial charge in [-0.25, -0.2) is 8.42 Å². The third-order valence-corrected chi connectivity index (χ3v) is 8.01. The number of halogens is 1. The Bertz CT molecular complexity index is 902. The molecule has 8 heteroatoms. The SMILES string of the molecule is CC1(n2cc(CN3C[C@@H](CN)[C@H](c4ccccc4)C3)cn2)CCS(=O)(=O)C1.Cl. The second kappa shape index (κ2) is 8.14. The van der Waals surface area contributed by atoms with Crippen molar-refractivity contribution in [2.75, 3.05) is 31.1 Å². The summed E-state index contributed by atoms with van der Waals surface area (Å²) in [6.45, 7) is 5.46. The van der Waals surface area contributed by atoms with Gasteiger partial charge in [-0.3, -0.25) is 9.58 Å². The largest absolute Gasteiger partial charge is 0.330 e. The maximum Gasteiger partial charge on any atom is 0.152 e. The lowest BCUT2D eigenvalue weighted by Crippen LogP contribution is -2.31. The zero-order valence-electron chi connectivity index (χ0n) is 16.2. The Balaban J connectivity index is 0.00000225. The molecule has 2 saturated heterocycles. The summed E-state index contributed by atoms with van der Waals surface area (Å²) in [6.07, 6.45) is 4.53. The van der Waals surface area contributed by atoms with Gasteiger partial charge in [-0.15, -0.1) is 12.4 Å². The fraction of sp³-hybridized carbons (Fsp3) is 0.550. The van der Waals surface area contributed by atoms with E-state index in [1.54, 1.807) is 0 Å². The highest BCUT2D eigenvalue weighted by atomic mass is 35.5. The molecule has 3 heterocycles.